The van der Waals surface area contributed by atoms with Gasteiger partial charge in [-0.15, -0.1) is 119 Å². The van der Waals surface area contributed by atoms with Crippen LogP contribution in [0.2, 0.25) is 0 Å². The van der Waals surface area contributed by atoms with Crippen LogP contribution in [0.5, 0.6) is 0 Å². The van der Waals surface area contributed by atoms with E-state index in [0.29, 0.717) is 0 Å². The number of rotatable bonds is 11. The second kappa shape index (κ2) is 41.4. The van der Waals surface area contributed by atoms with Gasteiger partial charge in [-0.3, -0.25) is 0 Å². The molecule has 0 atom stereocenters. The number of aromatic nitrogens is 6. The summed E-state index contributed by atoms with van der Waals surface area (Å²) in [6, 6.07) is 176. The Hall–Kier alpha value is -15.0. The number of anilines is 6. The molecule has 0 fully saturated rings. The normalized spacial score (nSPS) is 11.9. The van der Waals surface area contributed by atoms with E-state index >= 15 is 0 Å². The molecule has 19 aromatic carbocycles. The summed E-state index contributed by atoms with van der Waals surface area (Å²) in [5, 5.41) is 14.2. The Kier molecular flexibility index (Phi) is 27.6. The van der Waals surface area contributed by atoms with Crippen LogP contribution in [0.3, 0.4) is 0 Å². The summed E-state index contributed by atoms with van der Waals surface area (Å²) >= 11 is 1.82. The largest absolute Gasteiger partial charge is 0.328 e. The number of hydrogen-bond acceptors (Lipinski definition) is 7. The average Bonchev–Trinajstić information content (AvgIpc) is 0.887. The molecule has 0 amide bonds. The topological polar surface area (TPSA) is 67.9 Å². The van der Waals surface area contributed by atoms with Crippen LogP contribution in [0.4, 0.5) is 34.1 Å². The van der Waals surface area contributed by atoms with Crippen molar-refractivity contribution >= 4 is 133 Å². The predicted molar refractivity (Wildman–Crippen MR) is 575 cm³/mol. The van der Waals surface area contributed by atoms with Gasteiger partial charge < -0.3 is 38.9 Å². The van der Waals surface area contributed by atoms with Gasteiger partial charge in [0, 0.05) is 153 Å². The fourth-order valence-corrected chi connectivity index (χ4v) is 21.2. The van der Waals surface area contributed by atoms with Gasteiger partial charge in [0.15, 0.2) is 0 Å². The third-order valence-electron chi connectivity index (χ3n) is 26.7. The van der Waals surface area contributed by atoms with Crippen LogP contribution < -0.4 is 9.80 Å². The number of hydrogen-bond donors (Lipinski definition) is 0. The van der Waals surface area contributed by atoms with Gasteiger partial charge in [-0.25, -0.2) is 0 Å². The average molecular weight is 2550 g/mol. The molecule has 0 N–H and O–H groups in total. The van der Waals surface area contributed by atoms with Crippen molar-refractivity contribution in [1.29, 1.82) is 0 Å². The van der Waals surface area contributed by atoms with Crippen molar-refractivity contribution in [3.63, 3.8) is 0 Å². The van der Waals surface area contributed by atoms with Crippen molar-refractivity contribution in [2.24, 2.45) is 0 Å². The minimum absolute atomic E-state index is 0. The predicted octanol–water partition coefficient (Wildman–Crippen LogP) is 34.0. The number of fused-ring (bicyclic) bond motifs is 14. The van der Waals surface area contributed by atoms with Crippen LogP contribution in [-0.4, -0.2) is 29.1 Å². The Morgan fingerprint density at radius 2 is 0.507 bits per heavy atom. The standard InChI is InChI=1S/C39H25N2.C33H21N2.C30H23N2.C27H17N2S.4Ir/c1-3-10-27(11-4-1)30-18-20-37-35(25-30)36-26-31(28-12-5-2-6-13-28)19-21-38(36)41(37)33-16-9-15-32(24-33)39-34-17-8-7-14-29(34)22-23-40-39;1-2-9-23(10-3-1)25-17-18-30-29-15-6-7-16-31(29)35(32(30)22-25)27-13-8-12-26(21-27)33-28-14-5-4-11-24(28)19-20-34-33;1-30(2)25-14-5-7-16-27(25)32(28-17-8-6-15-26(28)30)23-12-9-11-22(20-23)29-24-13-4-3-10-21(24)18-19-31-29;1-2-11-22-19(8-1)16-17-28-27(22)20-9-7-10-21(18-20)29-23-12-3-5-14-25(23)30-26-15-6-4-13-24(26)29;;;;/h1-14,16-26H;1-11,13-22H;3-10,12-20H,1-2H3;1-8,10-18H;;;;/q4*-1;;;;. The molecule has 688 valence electrons. The molecule has 6 aromatic heterocycles. The minimum atomic E-state index is -0.0649. The first kappa shape index (κ1) is 94.6. The van der Waals surface area contributed by atoms with E-state index in [-0.39, 0.29) is 85.8 Å². The van der Waals surface area contributed by atoms with Crippen LogP contribution in [-0.2, 0) is 85.8 Å². The monoisotopic (exact) mass is 2550 g/mol. The molecule has 0 aliphatic carbocycles. The summed E-state index contributed by atoms with van der Waals surface area (Å²) in [5.74, 6) is 0. The van der Waals surface area contributed by atoms with Crippen molar-refractivity contribution in [2.75, 3.05) is 9.80 Å². The Labute approximate surface area is 883 Å². The molecule has 0 bridgehead atoms. The molecule has 0 spiro atoms. The maximum absolute atomic E-state index is 4.77. The van der Waals surface area contributed by atoms with Crippen molar-refractivity contribution in [3.05, 3.63) is 521 Å². The molecule has 8 heterocycles. The molecule has 13 heteroatoms. The second-order valence-corrected chi connectivity index (χ2v) is 36.3. The molecule has 27 rings (SSSR count). The fourth-order valence-electron chi connectivity index (χ4n) is 20.2. The van der Waals surface area contributed by atoms with Crippen LogP contribution >= 0.6 is 11.8 Å². The molecular formula is C129H86Ir4N8S-4. The zero-order valence-electron chi connectivity index (χ0n) is 77.0. The summed E-state index contributed by atoms with van der Waals surface area (Å²) in [5.41, 5.74) is 31.7. The first-order valence-corrected chi connectivity index (χ1v) is 47.4. The Balaban J connectivity index is 0.000000116. The van der Waals surface area contributed by atoms with E-state index in [1.165, 1.54) is 142 Å². The third kappa shape index (κ3) is 18.0. The number of benzene rings is 19. The molecule has 25 aromatic rings. The molecular weight excluding hydrogens is 2460 g/mol. The van der Waals surface area contributed by atoms with E-state index in [1.807, 2.05) is 60.8 Å². The zero-order chi connectivity index (χ0) is 92.0. The molecule has 142 heavy (non-hydrogen) atoms. The Morgan fingerprint density at radius 1 is 0.218 bits per heavy atom. The van der Waals surface area contributed by atoms with E-state index in [4.69, 9.17) is 19.9 Å². The molecule has 4 radical (unpaired) electrons. The fraction of sp³-hybridized carbons (Fsp3) is 0.0233. The molecule has 8 nitrogen and oxygen atoms in total. The van der Waals surface area contributed by atoms with Gasteiger partial charge in [-0.05, 0) is 230 Å². The summed E-state index contributed by atoms with van der Waals surface area (Å²) < 4.78 is 4.73. The summed E-state index contributed by atoms with van der Waals surface area (Å²) in [4.78, 5) is 26.2. The first-order valence-electron chi connectivity index (χ1n) is 46.6. The van der Waals surface area contributed by atoms with Crippen molar-refractivity contribution in [2.45, 2.75) is 29.1 Å². The number of pyridine rings is 4. The smallest absolute Gasteiger partial charge is 0.0584 e. The molecule has 2 aliphatic heterocycles. The van der Waals surface area contributed by atoms with Gasteiger partial charge in [0.2, 0.25) is 0 Å². The first-order chi connectivity index (χ1) is 68.2. The Bertz CT molecular complexity index is 8760. The third-order valence-corrected chi connectivity index (χ3v) is 27.8. The number of nitrogens with zero attached hydrogens (tertiary/aromatic N) is 8. The minimum Gasteiger partial charge on any atom is -0.328 e. The van der Waals surface area contributed by atoms with E-state index in [9.17, 15) is 0 Å². The summed E-state index contributed by atoms with van der Waals surface area (Å²) in [6.45, 7) is 4.62. The quantitative estimate of drug-likeness (QED) is 0.120. The molecule has 0 saturated carbocycles. The van der Waals surface area contributed by atoms with Crippen LogP contribution in [0, 0.1) is 24.3 Å². The maximum Gasteiger partial charge on any atom is 0.0584 e. The van der Waals surface area contributed by atoms with E-state index < -0.39 is 0 Å². The van der Waals surface area contributed by atoms with Crippen LogP contribution in [0.1, 0.15) is 25.0 Å². The SMILES string of the molecule is CC1(C)c2ccccc2N(c2cc[c-]c(-c3nccc4ccccc34)c2)c2ccccc21.[Ir].[Ir].[Ir].[Ir].[c-]1ccc(-n2c3ccc(-c4ccccc4)cc3c3cc(-c4ccccc4)ccc32)cc1-c1nccc2ccccc12.[c-]1ccc(-n2c3ccccc3c3ccc(-c4ccccc4)cc32)cc1-c1nccc2ccccc12.[c-]1ccc(N2c3ccccc3Sc3ccccc32)cc1-c1nccc2ccccc12. The van der Waals surface area contributed by atoms with Crippen molar-refractivity contribution < 1.29 is 80.4 Å². The second-order valence-electron chi connectivity index (χ2n) is 35.2. The number of para-hydroxylation sites is 5. The Morgan fingerprint density at radius 3 is 0.908 bits per heavy atom. The van der Waals surface area contributed by atoms with E-state index in [2.05, 4.69) is 494 Å². The molecule has 0 saturated heterocycles. The van der Waals surface area contributed by atoms with Crippen LogP contribution in [0.25, 0.3) is 176 Å². The van der Waals surface area contributed by atoms with Crippen molar-refractivity contribution in [3.8, 4) is 89.8 Å². The van der Waals surface area contributed by atoms with Gasteiger partial charge in [-0.1, -0.05) is 317 Å². The van der Waals surface area contributed by atoms with E-state index in [0.717, 1.165) is 89.3 Å². The van der Waals surface area contributed by atoms with Gasteiger partial charge in [-0.2, -0.15) is 0 Å². The summed E-state index contributed by atoms with van der Waals surface area (Å²) in [7, 11) is 0. The summed E-state index contributed by atoms with van der Waals surface area (Å²) in [6.07, 6.45) is 7.52. The van der Waals surface area contributed by atoms with Gasteiger partial charge in [0.05, 0.1) is 33.4 Å². The molecule has 2 aliphatic rings. The van der Waals surface area contributed by atoms with Gasteiger partial charge in [0.25, 0.3) is 0 Å². The maximum atomic E-state index is 4.77. The van der Waals surface area contributed by atoms with Crippen molar-refractivity contribution in [1.82, 2.24) is 29.1 Å². The van der Waals surface area contributed by atoms with Crippen LogP contribution in [0.15, 0.2) is 496 Å². The zero-order valence-corrected chi connectivity index (χ0v) is 87.4. The van der Waals surface area contributed by atoms with Gasteiger partial charge >= 0.3 is 0 Å². The van der Waals surface area contributed by atoms with Gasteiger partial charge in [0.1, 0.15) is 0 Å². The van der Waals surface area contributed by atoms with E-state index in [1.54, 1.807) is 0 Å². The molecule has 0 unspecified atom stereocenters.